The zero-order valence-corrected chi connectivity index (χ0v) is 16.9. The van der Waals surface area contributed by atoms with E-state index < -0.39 is 0 Å². The van der Waals surface area contributed by atoms with E-state index in [1.807, 2.05) is 34.9 Å². The van der Waals surface area contributed by atoms with Crippen molar-refractivity contribution in [2.24, 2.45) is 11.8 Å². The topological polar surface area (TPSA) is 59.1 Å². The van der Waals surface area contributed by atoms with Gasteiger partial charge in [0.15, 0.2) is 0 Å². The number of fused-ring (bicyclic) bond motifs is 3. The van der Waals surface area contributed by atoms with Crippen molar-refractivity contribution in [1.29, 1.82) is 0 Å². The molecule has 1 saturated heterocycles. The fourth-order valence-electron chi connectivity index (χ4n) is 4.99. The molecule has 0 radical (unpaired) electrons. The molecule has 4 rings (SSSR count). The molecule has 1 aromatic rings. The monoisotopic (exact) mass is 386 g/mol. The molecule has 28 heavy (non-hydrogen) atoms. The molecule has 152 valence electrons. The Morgan fingerprint density at radius 3 is 2.79 bits per heavy atom. The van der Waals surface area contributed by atoms with Gasteiger partial charge in [0, 0.05) is 49.5 Å². The Bertz CT molecular complexity index is 744. The number of carbonyl (C=O) groups excluding carboxylic acids is 2. The van der Waals surface area contributed by atoms with Crippen molar-refractivity contribution >= 4 is 11.8 Å². The fraction of sp³-hybridized carbons (Fsp3) is 0.636. The molecule has 2 fully saturated rings. The van der Waals surface area contributed by atoms with Gasteiger partial charge in [-0.05, 0) is 31.9 Å². The van der Waals surface area contributed by atoms with Crippen molar-refractivity contribution in [3.05, 3.63) is 23.8 Å². The predicted octanol–water partition coefficient (Wildman–Crippen LogP) is 3.02. The summed E-state index contributed by atoms with van der Waals surface area (Å²) in [6.07, 6.45) is 4.57. The van der Waals surface area contributed by atoms with Crippen LogP contribution in [0.15, 0.2) is 18.2 Å². The van der Waals surface area contributed by atoms with Crippen LogP contribution in [-0.2, 0) is 9.59 Å². The van der Waals surface area contributed by atoms with E-state index in [0.29, 0.717) is 32.7 Å². The fourth-order valence-corrected chi connectivity index (χ4v) is 4.99. The Morgan fingerprint density at radius 1 is 1.29 bits per heavy atom. The number of rotatable bonds is 3. The van der Waals surface area contributed by atoms with Crippen LogP contribution in [0.2, 0.25) is 0 Å². The van der Waals surface area contributed by atoms with Crippen LogP contribution >= 0.6 is 0 Å². The van der Waals surface area contributed by atoms with E-state index in [1.54, 1.807) is 7.11 Å². The first-order chi connectivity index (χ1) is 13.6. The van der Waals surface area contributed by atoms with Gasteiger partial charge in [-0.3, -0.25) is 9.59 Å². The van der Waals surface area contributed by atoms with Crippen molar-refractivity contribution in [2.75, 3.05) is 33.4 Å². The summed E-state index contributed by atoms with van der Waals surface area (Å²) in [4.78, 5) is 30.0. The molecule has 0 N–H and O–H groups in total. The second-order valence-corrected chi connectivity index (χ2v) is 8.12. The van der Waals surface area contributed by atoms with E-state index in [-0.39, 0.29) is 29.7 Å². The van der Waals surface area contributed by atoms with Crippen LogP contribution in [0.4, 0.5) is 0 Å². The van der Waals surface area contributed by atoms with Crippen LogP contribution in [0, 0.1) is 11.8 Å². The first-order valence-electron chi connectivity index (χ1n) is 10.5. The molecule has 0 unspecified atom stereocenters. The summed E-state index contributed by atoms with van der Waals surface area (Å²) in [5.41, 5.74) is 1.04. The quantitative estimate of drug-likeness (QED) is 0.801. The molecular formula is C22H30N2O4. The highest BCUT2D eigenvalue weighted by Crippen LogP contribution is 2.43. The second-order valence-electron chi connectivity index (χ2n) is 8.12. The largest absolute Gasteiger partial charge is 0.497 e. The first-order valence-corrected chi connectivity index (χ1v) is 10.5. The van der Waals surface area contributed by atoms with E-state index in [2.05, 4.69) is 0 Å². The highest BCUT2D eigenvalue weighted by atomic mass is 16.5. The van der Waals surface area contributed by atoms with Crippen LogP contribution in [0.3, 0.4) is 0 Å². The van der Waals surface area contributed by atoms with Gasteiger partial charge in [-0.15, -0.1) is 0 Å². The number of carbonyl (C=O) groups is 2. The summed E-state index contributed by atoms with van der Waals surface area (Å²) >= 11 is 0. The highest BCUT2D eigenvalue weighted by Gasteiger charge is 2.42. The number of ether oxygens (including phenoxy) is 2. The maximum Gasteiger partial charge on any atom is 0.226 e. The standard InChI is InChI=1S/C22H30N2O4/c1-3-23-13-16-14-28-19-12-17(27-2)8-9-18(19)21(16)24(11-10-20(23)25)22(26)15-6-4-5-7-15/h8-9,12,15-16,21H,3-7,10-11,13-14H2,1-2H3/t16-,21-/m0/s1. The maximum absolute atomic E-state index is 13.4. The molecule has 2 heterocycles. The summed E-state index contributed by atoms with van der Waals surface area (Å²) in [6, 6.07) is 5.82. The third-order valence-corrected chi connectivity index (χ3v) is 6.52. The molecule has 0 bridgehead atoms. The van der Waals surface area contributed by atoms with Gasteiger partial charge >= 0.3 is 0 Å². The zero-order valence-electron chi connectivity index (χ0n) is 16.9. The van der Waals surface area contributed by atoms with Gasteiger partial charge in [0.2, 0.25) is 11.8 Å². The van der Waals surface area contributed by atoms with Crippen molar-refractivity contribution in [1.82, 2.24) is 9.80 Å². The average Bonchev–Trinajstić information content (AvgIpc) is 3.25. The summed E-state index contributed by atoms with van der Waals surface area (Å²) < 4.78 is 11.4. The van der Waals surface area contributed by atoms with Crippen molar-refractivity contribution in [3.8, 4) is 11.5 Å². The third-order valence-electron chi connectivity index (χ3n) is 6.52. The van der Waals surface area contributed by atoms with Crippen molar-refractivity contribution < 1.29 is 19.1 Å². The van der Waals surface area contributed by atoms with Crippen LogP contribution in [-0.4, -0.2) is 55.0 Å². The Kier molecular flexibility index (Phi) is 5.47. The number of nitrogens with zero attached hydrogens (tertiary/aromatic N) is 2. The van der Waals surface area contributed by atoms with E-state index in [9.17, 15) is 9.59 Å². The minimum atomic E-state index is -0.0510. The summed E-state index contributed by atoms with van der Waals surface area (Å²) in [7, 11) is 1.64. The molecule has 6 heteroatoms. The van der Waals surface area contributed by atoms with Gasteiger partial charge in [-0.25, -0.2) is 0 Å². The minimum Gasteiger partial charge on any atom is -0.497 e. The lowest BCUT2D eigenvalue weighted by Crippen LogP contribution is -2.52. The van der Waals surface area contributed by atoms with E-state index in [1.165, 1.54) is 0 Å². The molecule has 0 spiro atoms. The van der Waals surface area contributed by atoms with E-state index in [0.717, 1.165) is 42.7 Å². The minimum absolute atomic E-state index is 0.0510. The Labute approximate surface area is 166 Å². The molecule has 2 aliphatic heterocycles. The van der Waals surface area contributed by atoms with Gasteiger partial charge in [-0.2, -0.15) is 0 Å². The second kappa shape index (κ2) is 8.02. The van der Waals surface area contributed by atoms with Crippen LogP contribution in [0.25, 0.3) is 0 Å². The lowest BCUT2D eigenvalue weighted by atomic mass is 9.86. The molecule has 3 aliphatic rings. The van der Waals surface area contributed by atoms with Gasteiger partial charge in [-0.1, -0.05) is 12.8 Å². The van der Waals surface area contributed by atoms with Gasteiger partial charge in [0.1, 0.15) is 11.5 Å². The molecule has 2 atom stereocenters. The van der Waals surface area contributed by atoms with E-state index in [4.69, 9.17) is 9.47 Å². The normalized spacial score (nSPS) is 25.4. The lowest BCUT2D eigenvalue weighted by molar-refractivity contribution is -0.145. The number of benzene rings is 1. The van der Waals surface area contributed by atoms with Gasteiger partial charge in [0.05, 0.1) is 19.8 Å². The van der Waals surface area contributed by atoms with Crippen molar-refractivity contribution in [2.45, 2.75) is 45.1 Å². The molecule has 2 amide bonds. The molecule has 6 nitrogen and oxygen atoms in total. The Hall–Kier alpha value is -2.24. The predicted molar refractivity (Wildman–Crippen MR) is 105 cm³/mol. The molecule has 1 saturated carbocycles. The lowest BCUT2D eigenvalue weighted by Gasteiger charge is -2.45. The first kappa shape index (κ1) is 19.1. The number of hydrogen-bond donors (Lipinski definition) is 0. The Morgan fingerprint density at radius 2 is 2.07 bits per heavy atom. The molecule has 1 aliphatic carbocycles. The summed E-state index contributed by atoms with van der Waals surface area (Å²) in [5, 5.41) is 0. The van der Waals surface area contributed by atoms with Crippen LogP contribution in [0.5, 0.6) is 11.5 Å². The van der Waals surface area contributed by atoms with Gasteiger partial charge in [0.25, 0.3) is 0 Å². The molecule has 0 aromatic heterocycles. The SMILES string of the molecule is CCN1C[C@H]2COc3cc(OC)ccc3[C@H]2N(C(=O)C2CCCC2)CCC1=O. The molecule has 1 aromatic carbocycles. The average molecular weight is 386 g/mol. The number of methoxy groups -OCH3 is 1. The number of amides is 2. The maximum atomic E-state index is 13.4. The molecular weight excluding hydrogens is 356 g/mol. The van der Waals surface area contributed by atoms with Gasteiger partial charge < -0.3 is 19.3 Å². The smallest absolute Gasteiger partial charge is 0.226 e. The Balaban J connectivity index is 1.72. The zero-order chi connectivity index (χ0) is 19.7. The third kappa shape index (κ3) is 3.45. The number of hydrogen-bond acceptors (Lipinski definition) is 4. The van der Waals surface area contributed by atoms with Crippen molar-refractivity contribution in [3.63, 3.8) is 0 Å². The van der Waals surface area contributed by atoms with E-state index >= 15 is 0 Å². The van der Waals surface area contributed by atoms with Crippen LogP contribution in [0.1, 0.15) is 50.6 Å². The highest BCUT2D eigenvalue weighted by molar-refractivity contribution is 5.82. The summed E-state index contributed by atoms with van der Waals surface area (Å²) in [6.45, 7) is 4.31. The summed E-state index contributed by atoms with van der Waals surface area (Å²) in [5.74, 6) is 2.07. The van der Waals surface area contributed by atoms with Crippen LogP contribution < -0.4 is 9.47 Å².